The Kier molecular flexibility index (Phi) is 5.30. The predicted octanol–water partition coefficient (Wildman–Crippen LogP) is 2.22. The van der Waals surface area contributed by atoms with Crippen LogP contribution in [0.3, 0.4) is 0 Å². The van der Waals surface area contributed by atoms with Crippen molar-refractivity contribution >= 4 is 11.8 Å². The molecule has 1 unspecified atom stereocenters. The smallest absolute Gasteiger partial charge is 0.317 e. The number of esters is 1. The lowest BCUT2D eigenvalue weighted by molar-refractivity contribution is -0.146. The topological polar surface area (TPSA) is 69.2 Å². The highest BCUT2D eigenvalue weighted by molar-refractivity contribution is 6.07. The van der Waals surface area contributed by atoms with Gasteiger partial charge in [-0.1, -0.05) is 12.1 Å². The van der Waals surface area contributed by atoms with Crippen LogP contribution >= 0.6 is 0 Å². The summed E-state index contributed by atoms with van der Waals surface area (Å²) in [7, 11) is 0. The molecular formula is C16H15FN2O3. The van der Waals surface area contributed by atoms with Gasteiger partial charge >= 0.3 is 5.97 Å². The molecule has 1 atom stereocenters. The molecule has 2 aromatic rings. The summed E-state index contributed by atoms with van der Waals surface area (Å²) in [5.41, 5.74) is 0.618. The Labute approximate surface area is 127 Å². The lowest BCUT2D eigenvalue weighted by Gasteiger charge is -2.14. The van der Waals surface area contributed by atoms with Crippen molar-refractivity contribution in [1.29, 1.82) is 0 Å². The van der Waals surface area contributed by atoms with Crippen molar-refractivity contribution in [2.45, 2.75) is 13.3 Å². The molecule has 22 heavy (non-hydrogen) atoms. The number of Topliss-reactive ketones (excluding diaryl/α,β-unsaturated/α-hetero) is 1. The van der Waals surface area contributed by atoms with E-state index in [1.54, 1.807) is 13.0 Å². The van der Waals surface area contributed by atoms with E-state index in [-0.39, 0.29) is 18.7 Å². The molecule has 0 fully saturated rings. The number of hydrogen-bond donors (Lipinski definition) is 0. The molecule has 6 heteroatoms. The van der Waals surface area contributed by atoms with Crippen LogP contribution in [0.4, 0.5) is 4.39 Å². The van der Waals surface area contributed by atoms with E-state index in [1.165, 1.54) is 36.8 Å². The van der Waals surface area contributed by atoms with Gasteiger partial charge in [-0.15, -0.1) is 0 Å². The number of carbonyl (C=O) groups is 2. The van der Waals surface area contributed by atoms with Gasteiger partial charge in [0.15, 0.2) is 5.78 Å². The van der Waals surface area contributed by atoms with Gasteiger partial charge in [-0.25, -0.2) is 9.37 Å². The van der Waals surface area contributed by atoms with Crippen molar-refractivity contribution in [3.63, 3.8) is 0 Å². The molecule has 1 aromatic carbocycles. The van der Waals surface area contributed by atoms with Crippen molar-refractivity contribution in [1.82, 2.24) is 9.97 Å². The molecule has 0 aliphatic carbocycles. The van der Waals surface area contributed by atoms with Crippen molar-refractivity contribution in [3.8, 4) is 0 Å². The number of benzene rings is 1. The highest BCUT2D eigenvalue weighted by Gasteiger charge is 2.30. The average Bonchev–Trinajstić information content (AvgIpc) is 2.53. The van der Waals surface area contributed by atoms with Crippen molar-refractivity contribution < 1.29 is 18.7 Å². The average molecular weight is 302 g/mol. The Balaban J connectivity index is 2.26. The zero-order valence-electron chi connectivity index (χ0n) is 12.0. The first-order chi connectivity index (χ1) is 10.6. The maximum Gasteiger partial charge on any atom is 0.317 e. The van der Waals surface area contributed by atoms with E-state index >= 15 is 0 Å². The van der Waals surface area contributed by atoms with Gasteiger partial charge < -0.3 is 4.74 Å². The molecule has 114 valence electrons. The van der Waals surface area contributed by atoms with Crippen LogP contribution < -0.4 is 0 Å². The Bertz CT molecular complexity index is 661. The molecule has 1 aromatic heterocycles. The molecule has 0 N–H and O–H groups in total. The van der Waals surface area contributed by atoms with Gasteiger partial charge in [-0.3, -0.25) is 14.6 Å². The molecule has 1 heterocycles. The van der Waals surface area contributed by atoms with Crippen molar-refractivity contribution in [3.05, 3.63) is 59.9 Å². The molecule has 0 aliphatic rings. The molecule has 0 spiro atoms. The number of rotatable bonds is 6. The molecule has 0 amide bonds. The Hall–Kier alpha value is -2.63. The van der Waals surface area contributed by atoms with Gasteiger partial charge in [0, 0.05) is 12.4 Å². The Morgan fingerprint density at radius 2 is 2.14 bits per heavy atom. The molecule has 5 nitrogen and oxygen atoms in total. The molecule has 0 saturated heterocycles. The van der Waals surface area contributed by atoms with Gasteiger partial charge in [-0.05, 0) is 31.0 Å². The largest absolute Gasteiger partial charge is 0.465 e. The van der Waals surface area contributed by atoms with Crippen LogP contribution in [0.1, 0.15) is 23.0 Å². The van der Waals surface area contributed by atoms with Crippen molar-refractivity contribution in [2.24, 2.45) is 5.92 Å². The molecule has 0 saturated carbocycles. The van der Waals surface area contributed by atoms with Crippen LogP contribution in [0.15, 0.2) is 42.9 Å². The minimum atomic E-state index is -1.07. The highest BCUT2D eigenvalue weighted by Crippen LogP contribution is 2.16. The monoisotopic (exact) mass is 302 g/mol. The zero-order chi connectivity index (χ0) is 15.9. The summed E-state index contributed by atoms with van der Waals surface area (Å²) < 4.78 is 18.2. The van der Waals surface area contributed by atoms with Gasteiger partial charge in [-0.2, -0.15) is 0 Å². The van der Waals surface area contributed by atoms with Crippen LogP contribution in [0.25, 0.3) is 0 Å². The zero-order valence-corrected chi connectivity index (χ0v) is 12.0. The fourth-order valence-corrected chi connectivity index (χ4v) is 2.03. The second-order valence-electron chi connectivity index (χ2n) is 4.59. The quantitative estimate of drug-likeness (QED) is 0.465. The third kappa shape index (κ3) is 3.94. The molecular weight excluding hydrogens is 287 g/mol. The van der Waals surface area contributed by atoms with Crippen LogP contribution in [0, 0.1) is 11.7 Å². The Morgan fingerprint density at radius 1 is 1.32 bits per heavy atom. The summed E-state index contributed by atoms with van der Waals surface area (Å²) in [5.74, 6) is -2.64. The van der Waals surface area contributed by atoms with E-state index in [2.05, 4.69) is 9.97 Å². The lowest BCUT2D eigenvalue weighted by Crippen LogP contribution is -2.29. The first-order valence-electron chi connectivity index (χ1n) is 6.83. The minimum Gasteiger partial charge on any atom is -0.465 e. The van der Waals surface area contributed by atoms with Crippen LogP contribution in [-0.4, -0.2) is 28.3 Å². The van der Waals surface area contributed by atoms with Crippen LogP contribution in [0.2, 0.25) is 0 Å². The maximum absolute atomic E-state index is 13.3. The first kappa shape index (κ1) is 15.8. The third-order valence-corrected chi connectivity index (χ3v) is 3.03. The summed E-state index contributed by atoms with van der Waals surface area (Å²) in [6, 6.07) is 5.77. The number of nitrogens with zero attached hydrogens (tertiary/aromatic N) is 2. The van der Waals surface area contributed by atoms with Gasteiger partial charge in [0.25, 0.3) is 0 Å². The lowest BCUT2D eigenvalue weighted by atomic mass is 9.93. The van der Waals surface area contributed by atoms with E-state index < -0.39 is 23.5 Å². The maximum atomic E-state index is 13.3. The summed E-state index contributed by atoms with van der Waals surface area (Å²) >= 11 is 0. The summed E-state index contributed by atoms with van der Waals surface area (Å²) in [5, 5.41) is 0. The molecule has 0 bridgehead atoms. The van der Waals surface area contributed by atoms with E-state index in [0.717, 1.165) is 0 Å². The normalized spacial score (nSPS) is 11.7. The number of carbonyl (C=O) groups excluding carboxylic acids is 2. The van der Waals surface area contributed by atoms with E-state index in [9.17, 15) is 14.0 Å². The fourth-order valence-electron chi connectivity index (χ4n) is 2.03. The summed E-state index contributed by atoms with van der Waals surface area (Å²) in [6.07, 6.45) is 4.15. The third-order valence-electron chi connectivity index (χ3n) is 3.03. The molecule has 0 radical (unpaired) electrons. The van der Waals surface area contributed by atoms with Gasteiger partial charge in [0.2, 0.25) is 0 Å². The van der Waals surface area contributed by atoms with E-state index in [1.807, 2.05) is 0 Å². The fraction of sp³-hybridized carbons (Fsp3) is 0.250. The van der Waals surface area contributed by atoms with Gasteiger partial charge in [0.1, 0.15) is 17.4 Å². The number of aromatic nitrogens is 2. The summed E-state index contributed by atoms with van der Waals surface area (Å²) in [4.78, 5) is 32.2. The first-order valence-corrected chi connectivity index (χ1v) is 6.83. The van der Waals surface area contributed by atoms with E-state index in [0.29, 0.717) is 5.56 Å². The standard InChI is InChI=1S/C16H15FN2O3/c1-2-22-16(21)13(9-11-4-3-5-12(17)8-11)15(20)14-10-18-6-7-19-14/h3-8,10,13H,2,9H2,1H3. The Morgan fingerprint density at radius 3 is 2.77 bits per heavy atom. The number of ether oxygens (including phenoxy) is 1. The second kappa shape index (κ2) is 7.40. The summed E-state index contributed by atoms with van der Waals surface area (Å²) in [6.45, 7) is 1.82. The van der Waals surface area contributed by atoms with Crippen LogP contribution in [0.5, 0.6) is 0 Å². The number of hydrogen-bond acceptors (Lipinski definition) is 5. The van der Waals surface area contributed by atoms with E-state index in [4.69, 9.17) is 4.74 Å². The predicted molar refractivity (Wildman–Crippen MR) is 76.6 cm³/mol. The van der Waals surface area contributed by atoms with Crippen molar-refractivity contribution in [2.75, 3.05) is 6.61 Å². The number of ketones is 1. The van der Waals surface area contributed by atoms with Gasteiger partial charge in [0.05, 0.1) is 12.8 Å². The SMILES string of the molecule is CCOC(=O)C(Cc1cccc(F)c1)C(=O)c1cnccn1. The molecule has 2 rings (SSSR count). The highest BCUT2D eigenvalue weighted by atomic mass is 19.1. The molecule has 0 aliphatic heterocycles. The second-order valence-corrected chi connectivity index (χ2v) is 4.59. The number of halogens is 1. The minimum absolute atomic E-state index is 0.0476. The van der Waals surface area contributed by atoms with Crippen LogP contribution in [-0.2, 0) is 16.0 Å².